The van der Waals surface area contributed by atoms with Crippen LogP contribution in [-0.2, 0) is 14.2 Å². The van der Waals surface area contributed by atoms with Crippen molar-refractivity contribution in [3.63, 3.8) is 0 Å². The van der Waals surface area contributed by atoms with Gasteiger partial charge >= 0.3 is 6.03 Å². The van der Waals surface area contributed by atoms with Gasteiger partial charge in [0, 0.05) is 24.7 Å². The van der Waals surface area contributed by atoms with Crippen molar-refractivity contribution in [1.82, 2.24) is 15.5 Å². The SMILES string of the molecule is O=C(NC1CCCCC1)N[C@H]1CO[C@H]2[C@@H]1OC[C@@H]2Oc1ccc(C(=O)N2CCOCC2)cc1. The molecule has 3 aliphatic heterocycles. The van der Waals surface area contributed by atoms with Crippen LogP contribution in [0.2, 0.25) is 0 Å². The fraction of sp³-hybridized carbons (Fsp3) is 0.667. The van der Waals surface area contributed by atoms with E-state index in [0.29, 0.717) is 50.8 Å². The average Bonchev–Trinajstić information content (AvgIpc) is 3.43. The zero-order valence-electron chi connectivity index (χ0n) is 18.9. The molecule has 4 fully saturated rings. The normalized spacial score (nSPS) is 30.0. The molecule has 2 N–H and O–H groups in total. The van der Waals surface area contributed by atoms with E-state index in [1.165, 1.54) is 19.3 Å². The molecule has 0 unspecified atom stereocenters. The van der Waals surface area contributed by atoms with E-state index in [4.69, 9.17) is 18.9 Å². The highest BCUT2D eigenvalue weighted by Gasteiger charge is 2.49. The quantitative estimate of drug-likeness (QED) is 0.696. The highest BCUT2D eigenvalue weighted by molar-refractivity contribution is 5.94. The lowest BCUT2D eigenvalue weighted by molar-refractivity contribution is 0.0296. The number of carbonyl (C=O) groups excluding carboxylic acids is 2. The molecule has 0 radical (unpaired) electrons. The molecular formula is C24H33N3O6. The van der Waals surface area contributed by atoms with Gasteiger partial charge in [0.15, 0.2) is 6.10 Å². The third kappa shape index (κ3) is 5.26. The van der Waals surface area contributed by atoms with Crippen LogP contribution in [0.25, 0.3) is 0 Å². The molecule has 1 aliphatic carbocycles. The molecule has 4 atom stereocenters. The maximum absolute atomic E-state index is 12.6. The molecule has 5 rings (SSSR count). The van der Waals surface area contributed by atoms with E-state index in [1.54, 1.807) is 17.0 Å². The Morgan fingerprint density at radius 3 is 2.39 bits per heavy atom. The van der Waals surface area contributed by atoms with Gasteiger partial charge in [0.2, 0.25) is 0 Å². The standard InChI is InChI=1S/C24H33N3O6/c28-23(27-10-12-30-13-11-27)16-6-8-18(9-7-16)33-20-15-32-21-19(14-31-22(20)21)26-24(29)25-17-4-2-1-3-5-17/h6-9,17,19-22H,1-5,10-15H2,(H2,25,26,29)/t19-,20-,21+,22+/m0/s1. The van der Waals surface area contributed by atoms with Gasteiger partial charge in [-0.1, -0.05) is 19.3 Å². The second-order valence-electron chi connectivity index (χ2n) is 9.24. The molecule has 3 heterocycles. The van der Waals surface area contributed by atoms with Gasteiger partial charge in [-0.05, 0) is 37.1 Å². The number of morpholine rings is 1. The van der Waals surface area contributed by atoms with Crippen molar-refractivity contribution in [3.05, 3.63) is 29.8 Å². The van der Waals surface area contributed by atoms with Crippen LogP contribution in [0.15, 0.2) is 24.3 Å². The number of rotatable bonds is 5. The van der Waals surface area contributed by atoms with Crippen LogP contribution in [0.3, 0.4) is 0 Å². The fourth-order valence-corrected chi connectivity index (χ4v) is 5.13. The molecule has 0 bridgehead atoms. The van der Waals surface area contributed by atoms with Crippen LogP contribution in [0.1, 0.15) is 42.5 Å². The van der Waals surface area contributed by atoms with Crippen LogP contribution in [0.5, 0.6) is 5.75 Å². The molecule has 3 amide bonds. The van der Waals surface area contributed by atoms with E-state index in [9.17, 15) is 9.59 Å². The first-order chi connectivity index (χ1) is 16.2. The van der Waals surface area contributed by atoms with E-state index in [1.807, 2.05) is 12.1 Å². The highest BCUT2D eigenvalue weighted by atomic mass is 16.6. The molecule has 1 saturated carbocycles. The lowest BCUT2D eigenvalue weighted by Gasteiger charge is -2.27. The third-order valence-electron chi connectivity index (χ3n) is 6.95. The molecule has 3 saturated heterocycles. The molecule has 9 nitrogen and oxygen atoms in total. The van der Waals surface area contributed by atoms with Gasteiger partial charge in [-0.15, -0.1) is 0 Å². The number of nitrogens with one attached hydrogen (secondary N) is 2. The monoisotopic (exact) mass is 459 g/mol. The Morgan fingerprint density at radius 2 is 1.64 bits per heavy atom. The Kier molecular flexibility index (Phi) is 6.99. The summed E-state index contributed by atoms with van der Waals surface area (Å²) in [5.74, 6) is 0.673. The maximum Gasteiger partial charge on any atom is 0.315 e. The van der Waals surface area contributed by atoms with Crippen molar-refractivity contribution in [3.8, 4) is 5.75 Å². The van der Waals surface area contributed by atoms with Crippen LogP contribution in [0, 0.1) is 0 Å². The van der Waals surface area contributed by atoms with Crippen molar-refractivity contribution in [2.75, 3.05) is 39.5 Å². The van der Waals surface area contributed by atoms with Gasteiger partial charge in [0.05, 0.1) is 32.5 Å². The Balaban J connectivity index is 1.11. The number of nitrogens with zero attached hydrogens (tertiary/aromatic N) is 1. The highest BCUT2D eigenvalue weighted by Crippen LogP contribution is 2.30. The Labute approximate surface area is 194 Å². The summed E-state index contributed by atoms with van der Waals surface area (Å²) in [5.41, 5.74) is 0.634. The summed E-state index contributed by atoms with van der Waals surface area (Å²) in [5, 5.41) is 6.11. The lowest BCUT2D eigenvalue weighted by Crippen LogP contribution is -2.51. The first-order valence-electron chi connectivity index (χ1n) is 12.1. The third-order valence-corrected chi connectivity index (χ3v) is 6.95. The summed E-state index contributed by atoms with van der Waals surface area (Å²) in [6.07, 6.45) is 4.97. The van der Waals surface area contributed by atoms with Crippen molar-refractivity contribution in [1.29, 1.82) is 0 Å². The number of ether oxygens (including phenoxy) is 4. The van der Waals surface area contributed by atoms with Crippen LogP contribution >= 0.6 is 0 Å². The molecule has 1 aromatic carbocycles. The summed E-state index contributed by atoms with van der Waals surface area (Å²) in [6, 6.07) is 7.11. The number of amides is 3. The minimum Gasteiger partial charge on any atom is -0.485 e. The predicted molar refractivity (Wildman–Crippen MR) is 119 cm³/mol. The van der Waals surface area contributed by atoms with Crippen molar-refractivity contribution >= 4 is 11.9 Å². The zero-order valence-corrected chi connectivity index (χ0v) is 18.9. The van der Waals surface area contributed by atoms with Gasteiger partial charge in [0.25, 0.3) is 5.91 Å². The van der Waals surface area contributed by atoms with Crippen molar-refractivity contribution in [2.45, 2.75) is 62.5 Å². The number of benzene rings is 1. The number of urea groups is 1. The maximum atomic E-state index is 12.6. The first kappa shape index (κ1) is 22.4. The number of hydrogen-bond donors (Lipinski definition) is 2. The van der Waals surface area contributed by atoms with Crippen LogP contribution in [-0.4, -0.2) is 86.8 Å². The van der Waals surface area contributed by atoms with E-state index in [2.05, 4.69) is 10.6 Å². The Morgan fingerprint density at radius 1 is 0.909 bits per heavy atom. The topological polar surface area (TPSA) is 98.4 Å². The second kappa shape index (κ2) is 10.3. The van der Waals surface area contributed by atoms with E-state index < -0.39 is 0 Å². The number of fused-ring (bicyclic) bond motifs is 1. The summed E-state index contributed by atoms with van der Waals surface area (Å²) in [7, 11) is 0. The number of hydrogen-bond acceptors (Lipinski definition) is 6. The average molecular weight is 460 g/mol. The molecule has 0 spiro atoms. The van der Waals surface area contributed by atoms with Gasteiger partial charge in [0.1, 0.15) is 18.0 Å². The van der Waals surface area contributed by atoms with Crippen molar-refractivity contribution in [2.24, 2.45) is 0 Å². The smallest absolute Gasteiger partial charge is 0.315 e. The minimum atomic E-state index is -0.260. The zero-order chi connectivity index (χ0) is 22.6. The summed E-state index contributed by atoms with van der Waals surface area (Å²) in [4.78, 5) is 26.8. The minimum absolute atomic E-state index is 0.00802. The molecule has 180 valence electrons. The molecule has 9 heteroatoms. The fourth-order valence-electron chi connectivity index (χ4n) is 5.13. The van der Waals surface area contributed by atoms with Gasteiger partial charge < -0.3 is 34.5 Å². The van der Waals surface area contributed by atoms with Crippen LogP contribution in [0.4, 0.5) is 4.79 Å². The summed E-state index contributed by atoms with van der Waals surface area (Å²) < 4.78 is 23.3. The molecule has 33 heavy (non-hydrogen) atoms. The second-order valence-corrected chi connectivity index (χ2v) is 9.24. The summed E-state index contributed by atoms with van der Waals surface area (Å²) >= 11 is 0. The number of carbonyl (C=O) groups is 2. The molecule has 0 aromatic heterocycles. The summed E-state index contributed by atoms with van der Waals surface area (Å²) in [6.45, 7) is 3.19. The first-order valence-corrected chi connectivity index (χ1v) is 12.1. The van der Waals surface area contributed by atoms with Crippen LogP contribution < -0.4 is 15.4 Å². The van der Waals surface area contributed by atoms with E-state index >= 15 is 0 Å². The molecule has 4 aliphatic rings. The molecular weight excluding hydrogens is 426 g/mol. The lowest BCUT2D eigenvalue weighted by atomic mass is 9.96. The largest absolute Gasteiger partial charge is 0.485 e. The Hall–Kier alpha value is -2.36. The van der Waals surface area contributed by atoms with E-state index in [-0.39, 0.29) is 42.3 Å². The Bertz CT molecular complexity index is 822. The van der Waals surface area contributed by atoms with Gasteiger partial charge in [-0.2, -0.15) is 0 Å². The van der Waals surface area contributed by atoms with E-state index in [0.717, 1.165) is 12.8 Å². The molecule has 1 aromatic rings. The van der Waals surface area contributed by atoms with Gasteiger partial charge in [-0.25, -0.2) is 4.79 Å². The van der Waals surface area contributed by atoms with Crippen molar-refractivity contribution < 1.29 is 28.5 Å². The predicted octanol–water partition coefficient (Wildman–Crippen LogP) is 1.70. The van der Waals surface area contributed by atoms with Gasteiger partial charge in [-0.3, -0.25) is 4.79 Å².